The Balaban J connectivity index is 2.40. The van der Waals surface area contributed by atoms with E-state index in [2.05, 4.69) is 0 Å². The summed E-state index contributed by atoms with van der Waals surface area (Å²) in [6.07, 6.45) is -4.65. The minimum absolute atomic E-state index is 0.173. The highest BCUT2D eigenvalue weighted by molar-refractivity contribution is 7.92. The predicted molar refractivity (Wildman–Crippen MR) is 73.1 cm³/mol. The molecular formula is C13H11F3N2O2S. The summed E-state index contributed by atoms with van der Waals surface area (Å²) in [6.45, 7) is 0. The van der Waals surface area contributed by atoms with Crippen LogP contribution in [0.3, 0.4) is 0 Å². The van der Waals surface area contributed by atoms with Gasteiger partial charge in [-0.2, -0.15) is 13.2 Å². The van der Waals surface area contributed by atoms with E-state index < -0.39 is 27.5 Å². The SMILES string of the molecule is Nc1ccc(S(=O)(=O)Nc2ccccc2C(F)(F)F)cc1. The molecule has 2 aromatic rings. The number of nitrogen functional groups attached to an aromatic ring is 1. The Morgan fingerprint density at radius 2 is 1.52 bits per heavy atom. The summed E-state index contributed by atoms with van der Waals surface area (Å²) < 4.78 is 64.6. The average molecular weight is 316 g/mol. The lowest BCUT2D eigenvalue weighted by molar-refractivity contribution is -0.136. The van der Waals surface area contributed by atoms with Gasteiger partial charge in [0.15, 0.2) is 0 Å². The van der Waals surface area contributed by atoms with Gasteiger partial charge in [-0.1, -0.05) is 12.1 Å². The van der Waals surface area contributed by atoms with Crippen LogP contribution in [0.1, 0.15) is 5.56 Å². The van der Waals surface area contributed by atoms with Crippen LogP contribution in [-0.2, 0) is 16.2 Å². The average Bonchev–Trinajstić information content (AvgIpc) is 2.38. The molecule has 0 spiro atoms. The van der Waals surface area contributed by atoms with Gasteiger partial charge in [0.2, 0.25) is 0 Å². The van der Waals surface area contributed by atoms with E-state index >= 15 is 0 Å². The number of anilines is 2. The van der Waals surface area contributed by atoms with Crippen molar-refractivity contribution in [2.75, 3.05) is 10.5 Å². The first-order valence-corrected chi connectivity index (χ1v) is 7.23. The number of sulfonamides is 1. The molecule has 112 valence electrons. The lowest BCUT2D eigenvalue weighted by Crippen LogP contribution is -2.17. The largest absolute Gasteiger partial charge is 0.418 e. The van der Waals surface area contributed by atoms with Gasteiger partial charge in [-0.15, -0.1) is 0 Å². The second-order valence-corrected chi connectivity index (χ2v) is 5.90. The van der Waals surface area contributed by atoms with Crippen LogP contribution in [0.15, 0.2) is 53.4 Å². The van der Waals surface area contributed by atoms with Gasteiger partial charge in [0.1, 0.15) is 0 Å². The van der Waals surface area contributed by atoms with Crippen molar-refractivity contribution in [1.29, 1.82) is 0 Å². The molecule has 0 aromatic heterocycles. The van der Waals surface area contributed by atoms with Gasteiger partial charge in [0, 0.05) is 5.69 Å². The number of nitrogens with one attached hydrogen (secondary N) is 1. The molecule has 21 heavy (non-hydrogen) atoms. The number of halogens is 3. The molecule has 0 amide bonds. The summed E-state index contributed by atoms with van der Waals surface area (Å²) in [6, 6.07) is 9.49. The fourth-order valence-corrected chi connectivity index (χ4v) is 2.75. The molecule has 2 rings (SSSR count). The highest BCUT2D eigenvalue weighted by atomic mass is 32.2. The highest BCUT2D eigenvalue weighted by Crippen LogP contribution is 2.35. The first kappa shape index (κ1) is 15.2. The van der Waals surface area contributed by atoms with E-state index in [0.717, 1.165) is 12.1 Å². The lowest BCUT2D eigenvalue weighted by Gasteiger charge is -2.14. The molecule has 3 N–H and O–H groups in total. The molecular weight excluding hydrogens is 305 g/mol. The lowest BCUT2D eigenvalue weighted by atomic mass is 10.2. The Labute approximate surface area is 119 Å². The second kappa shape index (κ2) is 5.28. The van der Waals surface area contributed by atoms with E-state index in [4.69, 9.17) is 5.73 Å². The molecule has 0 radical (unpaired) electrons. The summed E-state index contributed by atoms with van der Waals surface area (Å²) in [7, 11) is -4.12. The van der Waals surface area contributed by atoms with E-state index in [1.807, 2.05) is 4.72 Å². The third-order valence-electron chi connectivity index (χ3n) is 2.67. The minimum atomic E-state index is -4.65. The first-order valence-electron chi connectivity index (χ1n) is 5.75. The maximum Gasteiger partial charge on any atom is 0.418 e. The second-order valence-electron chi connectivity index (χ2n) is 4.22. The zero-order valence-corrected chi connectivity index (χ0v) is 11.4. The number of para-hydroxylation sites is 1. The van der Waals surface area contributed by atoms with Crippen LogP contribution in [0.2, 0.25) is 0 Å². The van der Waals surface area contributed by atoms with Crippen LogP contribution in [-0.4, -0.2) is 8.42 Å². The molecule has 0 atom stereocenters. The van der Waals surface area contributed by atoms with Gasteiger partial charge in [-0.3, -0.25) is 4.72 Å². The van der Waals surface area contributed by atoms with Crippen molar-refractivity contribution in [3.8, 4) is 0 Å². The molecule has 0 aliphatic rings. The maximum absolute atomic E-state index is 12.8. The van der Waals surface area contributed by atoms with Crippen molar-refractivity contribution in [2.45, 2.75) is 11.1 Å². The standard InChI is InChI=1S/C13H11F3N2O2S/c14-13(15,16)11-3-1-2-4-12(11)18-21(19,20)10-7-5-9(17)6-8-10/h1-8,18H,17H2. The molecule has 0 aliphatic heterocycles. The molecule has 0 aliphatic carbocycles. The summed E-state index contributed by atoms with van der Waals surface area (Å²) in [5.41, 5.74) is 4.21. The van der Waals surface area contributed by atoms with E-state index in [-0.39, 0.29) is 4.90 Å². The number of hydrogen-bond donors (Lipinski definition) is 2. The predicted octanol–water partition coefficient (Wildman–Crippen LogP) is 3.09. The zero-order chi connectivity index (χ0) is 15.7. The summed E-state index contributed by atoms with van der Waals surface area (Å²) in [5, 5.41) is 0. The number of nitrogens with two attached hydrogens (primary N) is 1. The molecule has 0 fully saturated rings. The van der Waals surface area contributed by atoms with E-state index in [9.17, 15) is 21.6 Å². The van der Waals surface area contributed by atoms with Crippen LogP contribution < -0.4 is 10.5 Å². The van der Waals surface area contributed by atoms with Crippen LogP contribution in [0.5, 0.6) is 0 Å². The van der Waals surface area contributed by atoms with Crippen molar-refractivity contribution in [3.63, 3.8) is 0 Å². The molecule has 0 saturated heterocycles. The summed E-state index contributed by atoms with van der Waals surface area (Å²) in [4.78, 5) is -0.173. The molecule has 8 heteroatoms. The van der Waals surface area contributed by atoms with E-state index in [0.29, 0.717) is 5.69 Å². The number of benzene rings is 2. The smallest absolute Gasteiger partial charge is 0.399 e. The summed E-state index contributed by atoms with van der Waals surface area (Å²) >= 11 is 0. The number of hydrogen-bond acceptors (Lipinski definition) is 3. The Hall–Kier alpha value is -2.22. The van der Waals surface area contributed by atoms with Gasteiger partial charge in [-0.25, -0.2) is 8.42 Å². The normalized spacial score (nSPS) is 12.1. The highest BCUT2D eigenvalue weighted by Gasteiger charge is 2.34. The van der Waals surface area contributed by atoms with Crippen molar-refractivity contribution >= 4 is 21.4 Å². The van der Waals surface area contributed by atoms with Crippen LogP contribution in [0.4, 0.5) is 24.5 Å². The van der Waals surface area contributed by atoms with Gasteiger partial charge < -0.3 is 5.73 Å². The Kier molecular flexibility index (Phi) is 3.82. The van der Waals surface area contributed by atoms with E-state index in [1.165, 1.54) is 36.4 Å². The Morgan fingerprint density at radius 1 is 0.952 bits per heavy atom. The fraction of sp³-hybridized carbons (Fsp3) is 0.0769. The molecule has 0 saturated carbocycles. The van der Waals surface area contributed by atoms with Gasteiger partial charge >= 0.3 is 6.18 Å². The quantitative estimate of drug-likeness (QED) is 0.855. The molecule has 0 heterocycles. The Bertz CT molecular complexity index is 741. The maximum atomic E-state index is 12.8. The fourth-order valence-electron chi connectivity index (χ4n) is 1.67. The molecule has 0 unspecified atom stereocenters. The van der Waals surface area contributed by atoms with Gasteiger partial charge in [0.05, 0.1) is 16.1 Å². The van der Waals surface area contributed by atoms with Crippen LogP contribution >= 0.6 is 0 Å². The first-order chi connectivity index (χ1) is 9.70. The van der Waals surface area contributed by atoms with Crippen LogP contribution in [0.25, 0.3) is 0 Å². The van der Waals surface area contributed by atoms with Gasteiger partial charge in [-0.05, 0) is 36.4 Å². The van der Waals surface area contributed by atoms with Crippen molar-refractivity contribution < 1.29 is 21.6 Å². The number of alkyl halides is 3. The third kappa shape index (κ3) is 3.46. The number of rotatable bonds is 3. The molecule has 4 nitrogen and oxygen atoms in total. The third-order valence-corrected chi connectivity index (χ3v) is 4.05. The van der Waals surface area contributed by atoms with Gasteiger partial charge in [0.25, 0.3) is 10.0 Å². The van der Waals surface area contributed by atoms with Crippen molar-refractivity contribution in [1.82, 2.24) is 0 Å². The minimum Gasteiger partial charge on any atom is -0.399 e. The van der Waals surface area contributed by atoms with Crippen molar-refractivity contribution in [3.05, 3.63) is 54.1 Å². The van der Waals surface area contributed by atoms with Crippen molar-refractivity contribution in [2.24, 2.45) is 0 Å². The molecule has 2 aromatic carbocycles. The van der Waals surface area contributed by atoms with Crippen LogP contribution in [0, 0.1) is 0 Å². The molecule has 0 bridgehead atoms. The Morgan fingerprint density at radius 3 is 2.10 bits per heavy atom. The monoisotopic (exact) mass is 316 g/mol. The van der Waals surface area contributed by atoms with E-state index in [1.54, 1.807) is 0 Å². The topological polar surface area (TPSA) is 72.2 Å². The summed E-state index contributed by atoms with van der Waals surface area (Å²) in [5.74, 6) is 0. The zero-order valence-electron chi connectivity index (χ0n) is 10.6.